The molecule has 1 aromatic carbocycles. The summed E-state index contributed by atoms with van der Waals surface area (Å²) in [7, 11) is 0. The van der Waals surface area contributed by atoms with Gasteiger partial charge in [-0.1, -0.05) is 22.7 Å². The van der Waals surface area contributed by atoms with Crippen molar-refractivity contribution < 1.29 is 9.53 Å². The van der Waals surface area contributed by atoms with Crippen LogP contribution in [0.5, 0.6) is 5.75 Å². The van der Waals surface area contributed by atoms with Crippen LogP contribution in [0.2, 0.25) is 5.02 Å². The summed E-state index contributed by atoms with van der Waals surface area (Å²) >= 11 is 5.85. The average Bonchev–Trinajstić information content (AvgIpc) is 3.32. The van der Waals surface area contributed by atoms with Crippen molar-refractivity contribution in [2.75, 3.05) is 6.61 Å². The number of ether oxygens (including phenoxy) is 1. The fourth-order valence-electron chi connectivity index (χ4n) is 3.88. The predicted octanol–water partition coefficient (Wildman–Crippen LogP) is 3.96. The van der Waals surface area contributed by atoms with Crippen molar-refractivity contribution in [2.45, 2.75) is 50.6 Å². The molecule has 3 nitrogen and oxygen atoms in total. The Hall–Kier alpha value is -1.48. The van der Waals surface area contributed by atoms with Crippen molar-refractivity contribution in [1.29, 1.82) is 0 Å². The number of allylic oxidation sites excluding steroid dienone is 1. The molecule has 22 heavy (non-hydrogen) atoms. The van der Waals surface area contributed by atoms with Crippen LogP contribution in [-0.2, 0) is 4.79 Å². The van der Waals surface area contributed by atoms with E-state index in [0.717, 1.165) is 25.7 Å². The third kappa shape index (κ3) is 2.74. The summed E-state index contributed by atoms with van der Waals surface area (Å²) in [5.41, 5.74) is 3.32. The molecule has 2 aliphatic heterocycles. The number of rotatable bonds is 3. The van der Waals surface area contributed by atoms with Gasteiger partial charge in [0.1, 0.15) is 5.75 Å². The molecular weight excluding hydrogens is 298 g/mol. The normalized spacial score (nSPS) is 26.3. The van der Waals surface area contributed by atoms with Gasteiger partial charge < -0.3 is 9.64 Å². The number of fused-ring (bicyclic) bond motifs is 2. The molecule has 4 heteroatoms. The Morgan fingerprint density at radius 3 is 2.32 bits per heavy atom. The minimum atomic E-state index is 0.126. The zero-order chi connectivity index (χ0) is 15.1. The van der Waals surface area contributed by atoms with Gasteiger partial charge in [0.25, 0.3) is 5.91 Å². The maximum Gasteiger partial charge on any atom is 0.261 e. The van der Waals surface area contributed by atoms with Gasteiger partial charge in [-0.15, -0.1) is 0 Å². The second-order valence-corrected chi connectivity index (χ2v) is 6.98. The second kappa shape index (κ2) is 5.62. The van der Waals surface area contributed by atoms with Gasteiger partial charge >= 0.3 is 0 Å². The molecule has 0 N–H and O–H groups in total. The van der Waals surface area contributed by atoms with Gasteiger partial charge in [0.05, 0.1) is 0 Å². The summed E-state index contributed by atoms with van der Waals surface area (Å²) in [6.07, 6.45) is 7.07. The minimum Gasteiger partial charge on any atom is -0.484 e. The van der Waals surface area contributed by atoms with E-state index in [0.29, 0.717) is 22.9 Å². The van der Waals surface area contributed by atoms with Gasteiger partial charge in [-0.05, 0) is 62.8 Å². The van der Waals surface area contributed by atoms with E-state index in [4.69, 9.17) is 16.3 Å². The van der Waals surface area contributed by atoms with Gasteiger partial charge in [-0.2, -0.15) is 0 Å². The number of nitrogens with zero attached hydrogens (tertiary/aromatic N) is 1. The maximum absolute atomic E-state index is 12.6. The van der Waals surface area contributed by atoms with Gasteiger partial charge in [0, 0.05) is 17.1 Å². The Labute approximate surface area is 135 Å². The van der Waals surface area contributed by atoms with Crippen LogP contribution in [-0.4, -0.2) is 29.5 Å². The SMILES string of the molecule is O=C(COc1ccc(Cl)cc1)N1C2CCC1CC(=C1CC1)C2. The summed E-state index contributed by atoms with van der Waals surface area (Å²) in [5, 5.41) is 0.674. The lowest BCUT2D eigenvalue weighted by Crippen LogP contribution is -2.46. The molecule has 0 spiro atoms. The largest absolute Gasteiger partial charge is 0.484 e. The highest BCUT2D eigenvalue weighted by atomic mass is 35.5. The molecular formula is C18H20ClNO2. The van der Waals surface area contributed by atoms with E-state index in [2.05, 4.69) is 4.90 Å². The molecule has 2 saturated heterocycles. The van der Waals surface area contributed by atoms with Crippen molar-refractivity contribution in [3.8, 4) is 5.75 Å². The monoisotopic (exact) mass is 317 g/mol. The van der Waals surface area contributed by atoms with Gasteiger partial charge in [0.2, 0.25) is 0 Å². The number of hydrogen-bond donors (Lipinski definition) is 0. The first kappa shape index (κ1) is 14.1. The van der Waals surface area contributed by atoms with E-state index >= 15 is 0 Å². The highest BCUT2D eigenvalue weighted by Crippen LogP contribution is 2.44. The van der Waals surface area contributed by atoms with Crippen molar-refractivity contribution in [3.05, 3.63) is 40.4 Å². The van der Waals surface area contributed by atoms with E-state index < -0.39 is 0 Å². The lowest BCUT2D eigenvalue weighted by atomic mass is 9.95. The number of carbonyl (C=O) groups is 1. The molecule has 3 fully saturated rings. The molecule has 1 aliphatic carbocycles. The fourth-order valence-corrected chi connectivity index (χ4v) is 4.00. The Kier molecular flexibility index (Phi) is 3.61. The average molecular weight is 318 g/mol. The first-order valence-corrected chi connectivity index (χ1v) is 8.48. The third-order valence-electron chi connectivity index (χ3n) is 5.05. The number of hydrogen-bond acceptors (Lipinski definition) is 2. The van der Waals surface area contributed by atoms with Crippen LogP contribution in [0.15, 0.2) is 35.4 Å². The molecule has 116 valence electrons. The van der Waals surface area contributed by atoms with E-state index in [1.165, 1.54) is 12.8 Å². The topological polar surface area (TPSA) is 29.5 Å². The van der Waals surface area contributed by atoms with Crippen LogP contribution in [0.3, 0.4) is 0 Å². The van der Waals surface area contributed by atoms with Crippen molar-refractivity contribution in [1.82, 2.24) is 4.90 Å². The minimum absolute atomic E-state index is 0.126. The predicted molar refractivity (Wildman–Crippen MR) is 86.1 cm³/mol. The van der Waals surface area contributed by atoms with Crippen molar-refractivity contribution in [2.24, 2.45) is 0 Å². The molecule has 0 aromatic heterocycles. The Morgan fingerprint density at radius 1 is 1.09 bits per heavy atom. The van der Waals surface area contributed by atoms with E-state index in [-0.39, 0.29) is 12.5 Å². The summed E-state index contributed by atoms with van der Waals surface area (Å²) in [6, 6.07) is 7.97. The van der Waals surface area contributed by atoms with Gasteiger partial charge in [-0.3, -0.25) is 4.79 Å². The molecule has 1 aromatic rings. The van der Waals surface area contributed by atoms with Crippen molar-refractivity contribution >= 4 is 17.5 Å². The van der Waals surface area contributed by atoms with Crippen LogP contribution >= 0.6 is 11.6 Å². The quantitative estimate of drug-likeness (QED) is 0.790. The molecule has 2 bridgehead atoms. The number of amides is 1. The molecule has 4 rings (SSSR count). The lowest BCUT2D eigenvalue weighted by molar-refractivity contribution is -0.137. The second-order valence-electron chi connectivity index (χ2n) is 6.54. The van der Waals surface area contributed by atoms with Crippen LogP contribution in [0.4, 0.5) is 0 Å². The highest BCUT2D eigenvalue weighted by molar-refractivity contribution is 6.30. The molecule has 2 unspecified atom stereocenters. The molecule has 3 aliphatic rings. The number of benzene rings is 1. The lowest BCUT2D eigenvalue weighted by Gasteiger charge is -2.36. The van der Waals surface area contributed by atoms with Gasteiger partial charge in [0.15, 0.2) is 6.61 Å². The maximum atomic E-state index is 12.6. The van der Waals surface area contributed by atoms with E-state index in [1.807, 2.05) is 0 Å². The van der Waals surface area contributed by atoms with E-state index in [9.17, 15) is 4.79 Å². The number of piperidine rings is 1. The standard InChI is InChI=1S/C18H20ClNO2/c19-14-3-7-17(8-4-14)22-11-18(21)20-15-5-6-16(20)10-13(9-15)12-1-2-12/h3-4,7-8,15-16H,1-2,5-6,9-11H2. The Morgan fingerprint density at radius 2 is 1.73 bits per heavy atom. The summed E-state index contributed by atoms with van der Waals surface area (Å²) in [6.45, 7) is 0.126. The number of carbonyl (C=O) groups excluding carboxylic acids is 1. The van der Waals surface area contributed by atoms with Crippen LogP contribution < -0.4 is 4.74 Å². The summed E-state index contributed by atoms with van der Waals surface area (Å²) < 4.78 is 5.63. The van der Waals surface area contributed by atoms with Crippen LogP contribution in [0, 0.1) is 0 Å². The molecule has 2 heterocycles. The first-order valence-electron chi connectivity index (χ1n) is 8.10. The van der Waals surface area contributed by atoms with Crippen molar-refractivity contribution in [3.63, 3.8) is 0 Å². The fraction of sp³-hybridized carbons (Fsp3) is 0.500. The number of halogens is 1. The molecule has 1 saturated carbocycles. The zero-order valence-electron chi connectivity index (χ0n) is 12.6. The van der Waals surface area contributed by atoms with E-state index in [1.54, 1.807) is 35.4 Å². The highest BCUT2D eigenvalue weighted by Gasteiger charge is 2.42. The smallest absolute Gasteiger partial charge is 0.261 e. The summed E-state index contributed by atoms with van der Waals surface area (Å²) in [5.74, 6) is 0.824. The molecule has 2 atom stereocenters. The Balaban J connectivity index is 1.39. The summed E-state index contributed by atoms with van der Waals surface area (Å²) in [4.78, 5) is 14.6. The first-order chi connectivity index (χ1) is 10.7. The molecule has 0 radical (unpaired) electrons. The zero-order valence-corrected chi connectivity index (χ0v) is 13.3. The van der Waals surface area contributed by atoms with Crippen LogP contribution in [0.1, 0.15) is 38.5 Å². The van der Waals surface area contributed by atoms with Gasteiger partial charge in [-0.25, -0.2) is 0 Å². The Bertz CT molecular complexity index is 600. The van der Waals surface area contributed by atoms with Crippen LogP contribution in [0.25, 0.3) is 0 Å². The molecule has 1 amide bonds. The third-order valence-corrected chi connectivity index (χ3v) is 5.30.